The summed E-state index contributed by atoms with van der Waals surface area (Å²) in [6.45, 7) is 3.10. The first-order valence-corrected chi connectivity index (χ1v) is 7.19. The van der Waals surface area contributed by atoms with Crippen molar-refractivity contribution in [3.63, 3.8) is 0 Å². The van der Waals surface area contributed by atoms with Crippen LogP contribution in [0.15, 0.2) is 41.8 Å². The minimum atomic E-state index is -0.114. The maximum Gasteiger partial charge on any atom is 0.126 e. The molecule has 0 saturated carbocycles. The first-order chi connectivity index (χ1) is 8.81. The van der Waals surface area contributed by atoms with Crippen LogP contribution in [0.1, 0.15) is 29.8 Å². The molecule has 1 atom stereocenters. The van der Waals surface area contributed by atoms with Crippen molar-refractivity contribution in [2.24, 2.45) is 0 Å². The standard InChI is InChI=1S/C15H18FNS/c1-2-9-17-14(15-8-5-10-18-15)11-12-6-3-4-7-13(12)16/h3-8,10,14,17H,2,9,11H2,1H3. The fraction of sp³-hybridized carbons (Fsp3) is 0.333. The Labute approximate surface area is 112 Å². The van der Waals surface area contributed by atoms with Crippen molar-refractivity contribution in [3.8, 4) is 0 Å². The van der Waals surface area contributed by atoms with Crippen LogP contribution in [0.2, 0.25) is 0 Å². The Hall–Kier alpha value is -1.19. The number of hydrogen-bond acceptors (Lipinski definition) is 2. The largest absolute Gasteiger partial charge is 0.309 e. The average Bonchev–Trinajstić information content (AvgIpc) is 2.90. The van der Waals surface area contributed by atoms with Crippen LogP contribution in [0.5, 0.6) is 0 Å². The lowest BCUT2D eigenvalue weighted by atomic mass is 10.0. The molecule has 96 valence electrons. The minimum Gasteiger partial charge on any atom is -0.309 e. The summed E-state index contributed by atoms with van der Waals surface area (Å²) in [5.74, 6) is -0.114. The molecule has 18 heavy (non-hydrogen) atoms. The lowest BCUT2D eigenvalue weighted by molar-refractivity contribution is 0.519. The normalized spacial score (nSPS) is 12.6. The Kier molecular flexibility index (Phi) is 4.90. The van der Waals surface area contributed by atoms with Gasteiger partial charge in [0.15, 0.2) is 0 Å². The summed E-state index contributed by atoms with van der Waals surface area (Å²) in [7, 11) is 0. The molecule has 1 heterocycles. The van der Waals surface area contributed by atoms with E-state index < -0.39 is 0 Å². The van der Waals surface area contributed by atoms with Gasteiger partial charge in [0.25, 0.3) is 0 Å². The van der Waals surface area contributed by atoms with Crippen molar-refractivity contribution >= 4 is 11.3 Å². The monoisotopic (exact) mass is 263 g/mol. The zero-order chi connectivity index (χ0) is 12.8. The Morgan fingerprint density at radius 3 is 2.72 bits per heavy atom. The molecular weight excluding hydrogens is 245 g/mol. The van der Waals surface area contributed by atoms with Crippen LogP contribution in [-0.4, -0.2) is 6.54 Å². The fourth-order valence-electron chi connectivity index (χ4n) is 1.97. The second-order valence-corrected chi connectivity index (χ2v) is 5.30. The van der Waals surface area contributed by atoms with Gasteiger partial charge in [-0.15, -0.1) is 11.3 Å². The van der Waals surface area contributed by atoms with E-state index in [1.807, 2.05) is 18.2 Å². The van der Waals surface area contributed by atoms with Crippen molar-refractivity contribution in [3.05, 3.63) is 58.0 Å². The highest BCUT2D eigenvalue weighted by atomic mass is 32.1. The van der Waals surface area contributed by atoms with Gasteiger partial charge in [0.05, 0.1) is 0 Å². The number of thiophene rings is 1. The van der Waals surface area contributed by atoms with Gasteiger partial charge in [0.2, 0.25) is 0 Å². The van der Waals surface area contributed by atoms with Crippen LogP contribution in [0.25, 0.3) is 0 Å². The molecule has 2 rings (SSSR count). The number of benzene rings is 1. The molecule has 1 aromatic heterocycles. The molecule has 2 aromatic rings. The van der Waals surface area contributed by atoms with Crippen molar-refractivity contribution in [2.45, 2.75) is 25.8 Å². The van der Waals surface area contributed by atoms with Gasteiger partial charge >= 0.3 is 0 Å². The van der Waals surface area contributed by atoms with E-state index in [1.165, 1.54) is 10.9 Å². The molecule has 0 saturated heterocycles. The summed E-state index contributed by atoms with van der Waals surface area (Å²) >= 11 is 1.72. The molecule has 0 spiro atoms. The Morgan fingerprint density at radius 1 is 1.22 bits per heavy atom. The SMILES string of the molecule is CCCNC(Cc1ccccc1F)c1cccs1. The lowest BCUT2D eigenvalue weighted by Gasteiger charge is -2.17. The number of halogens is 1. The van der Waals surface area contributed by atoms with E-state index in [0.717, 1.165) is 18.5 Å². The van der Waals surface area contributed by atoms with E-state index in [9.17, 15) is 4.39 Å². The highest BCUT2D eigenvalue weighted by Crippen LogP contribution is 2.24. The van der Waals surface area contributed by atoms with Gasteiger partial charge in [-0.05, 0) is 42.5 Å². The summed E-state index contributed by atoms with van der Waals surface area (Å²) < 4.78 is 13.7. The molecule has 0 aliphatic heterocycles. The first kappa shape index (κ1) is 13.2. The molecule has 0 bridgehead atoms. The fourth-order valence-corrected chi connectivity index (χ4v) is 2.77. The van der Waals surface area contributed by atoms with Crippen LogP contribution < -0.4 is 5.32 Å². The van der Waals surface area contributed by atoms with Gasteiger partial charge in [-0.1, -0.05) is 31.2 Å². The maximum atomic E-state index is 13.7. The molecule has 1 nitrogen and oxygen atoms in total. The van der Waals surface area contributed by atoms with Crippen molar-refractivity contribution in [1.82, 2.24) is 5.32 Å². The molecule has 1 N–H and O–H groups in total. The predicted molar refractivity (Wildman–Crippen MR) is 75.5 cm³/mol. The number of hydrogen-bond donors (Lipinski definition) is 1. The van der Waals surface area contributed by atoms with Crippen LogP contribution in [0.3, 0.4) is 0 Å². The van der Waals surface area contributed by atoms with Crippen molar-refractivity contribution in [2.75, 3.05) is 6.54 Å². The maximum absolute atomic E-state index is 13.7. The third-order valence-corrected chi connectivity index (χ3v) is 3.90. The van der Waals surface area contributed by atoms with Gasteiger partial charge in [0, 0.05) is 10.9 Å². The Morgan fingerprint density at radius 2 is 2.06 bits per heavy atom. The van der Waals surface area contributed by atoms with Gasteiger partial charge in [-0.3, -0.25) is 0 Å². The molecule has 1 aromatic carbocycles. The van der Waals surface area contributed by atoms with Gasteiger partial charge in [-0.2, -0.15) is 0 Å². The zero-order valence-corrected chi connectivity index (χ0v) is 11.3. The molecule has 0 aliphatic carbocycles. The second-order valence-electron chi connectivity index (χ2n) is 4.32. The minimum absolute atomic E-state index is 0.114. The topological polar surface area (TPSA) is 12.0 Å². The van der Waals surface area contributed by atoms with Crippen molar-refractivity contribution < 1.29 is 4.39 Å². The summed E-state index contributed by atoms with van der Waals surface area (Å²) in [5.41, 5.74) is 0.777. The molecule has 0 aliphatic rings. The van der Waals surface area contributed by atoms with Crippen LogP contribution in [0, 0.1) is 5.82 Å². The van der Waals surface area contributed by atoms with E-state index in [-0.39, 0.29) is 11.9 Å². The summed E-state index contributed by atoms with van der Waals surface area (Å²) in [6.07, 6.45) is 1.78. The van der Waals surface area contributed by atoms with Crippen molar-refractivity contribution in [1.29, 1.82) is 0 Å². The summed E-state index contributed by atoms with van der Waals surface area (Å²) in [4.78, 5) is 1.27. The van der Waals surface area contributed by atoms with Crippen LogP contribution in [-0.2, 0) is 6.42 Å². The number of nitrogens with one attached hydrogen (secondary N) is 1. The molecular formula is C15H18FNS. The zero-order valence-electron chi connectivity index (χ0n) is 10.5. The number of rotatable bonds is 6. The molecule has 1 unspecified atom stereocenters. The van der Waals surface area contributed by atoms with E-state index in [0.29, 0.717) is 6.42 Å². The van der Waals surface area contributed by atoms with E-state index in [2.05, 4.69) is 23.7 Å². The molecule has 0 amide bonds. The average molecular weight is 263 g/mol. The van der Waals surface area contributed by atoms with E-state index >= 15 is 0 Å². The third kappa shape index (κ3) is 3.40. The highest BCUT2D eigenvalue weighted by molar-refractivity contribution is 7.10. The molecule has 3 heteroatoms. The van der Waals surface area contributed by atoms with Gasteiger partial charge in [-0.25, -0.2) is 4.39 Å². The molecule has 0 radical (unpaired) electrons. The highest BCUT2D eigenvalue weighted by Gasteiger charge is 2.14. The van der Waals surface area contributed by atoms with Crippen LogP contribution >= 0.6 is 11.3 Å². The van der Waals surface area contributed by atoms with Gasteiger partial charge < -0.3 is 5.32 Å². The lowest BCUT2D eigenvalue weighted by Crippen LogP contribution is -2.23. The smallest absolute Gasteiger partial charge is 0.126 e. The third-order valence-electron chi connectivity index (χ3n) is 2.91. The van der Waals surface area contributed by atoms with Gasteiger partial charge in [0.1, 0.15) is 5.82 Å². The van der Waals surface area contributed by atoms with E-state index in [1.54, 1.807) is 17.4 Å². The van der Waals surface area contributed by atoms with E-state index in [4.69, 9.17) is 0 Å². The Bertz CT molecular complexity index is 467. The quantitative estimate of drug-likeness (QED) is 0.824. The summed E-state index contributed by atoms with van der Waals surface area (Å²) in [6, 6.07) is 11.4. The Balaban J connectivity index is 2.13. The predicted octanol–water partition coefficient (Wildman–Crippen LogP) is 4.17. The molecule has 0 fully saturated rings. The summed E-state index contributed by atoms with van der Waals surface area (Å²) in [5, 5.41) is 5.56. The first-order valence-electron chi connectivity index (χ1n) is 6.31. The second kappa shape index (κ2) is 6.66. The van der Waals surface area contributed by atoms with Crippen LogP contribution in [0.4, 0.5) is 4.39 Å².